The Morgan fingerprint density at radius 3 is 2.76 bits per heavy atom. The Kier molecular flexibility index (Phi) is 7.09. The van der Waals surface area contributed by atoms with Gasteiger partial charge in [0.1, 0.15) is 0 Å². The molecule has 0 spiro atoms. The lowest BCUT2D eigenvalue weighted by Crippen LogP contribution is -2.44. The van der Waals surface area contributed by atoms with Crippen LogP contribution in [0.4, 0.5) is 5.69 Å². The number of aryl methyl sites for hydroxylation is 1. The number of fused-ring (bicyclic) bond motifs is 1. The molecule has 1 amide bonds. The first-order chi connectivity index (χ1) is 14.2. The molecule has 1 saturated heterocycles. The molecular weight excluding hydrogens is 362 g/mol. The van der Waals surface area contributed by atoms with E-state index in [9.17, 15) is 4.79 Å². The number of carbonyl (C=O) groups is 1. The fourth-order valence-electron chi connectivity index (χ4n) is 5.29. The summed E-state index contributed by atoms with van der Waals surface area (Å²) in [6.45, 7) is 5.24. The molecule has 1 aliphatic carbocycles. The number of hydrogen-bond donors (Lipinski definition) is 1. The number of benzene rings is 1. The minimum atomic E-state index is 0.216. The fourth-order valence-corrected chi connectivity index (χ4v) is 5.29. The van der Waals surface area contributed by atoms with Crippen molar-refractivity contribution in [3.05, 3.63) is 29.3 Å². The highest BCUT2D eigenvalue weighted by atomic mass is 16.5. The number of morpholine rings is 1. The van der Waals surface area contributed by atoms with Crippen LogP contribution in [-0.2, 0) is 16.0 Å². The second kappa shape index (κ2) is 9.94. The lowest BCUT2D eigenvalue weighted by atomic mass is 9.95. The minimum Gasteiger partial charge on any atom is -0.379 e. The number of amides is 1. The van der Waals surface area contributed by atoms with E-state index >= 15 is 0 Å². The van der Waals surface area contributed by atoms with Gasteiger partial charge >= 0.3 is 0 Å². The lowest BCUT2D eigenvalue weighted by Gasteiger charge is -2.36. The summed E-state index contributed by atoms with van der Waals surface area (Å²) in [5.74, 6) is 0.987. The Balaban J connectivity index is 1.41. The van der Waals surface area contributed by atoms with Gasteiger partial charge in [0, 0.05) is 45.3 Å². The number of carbonyl (C=O) groups excluding carboxylic acids is 1. The number of hydrogen-bond acceptors (Lipinski definition) is 4. The summed E-state index contributed by atoms with van der Waals surface area (Å²) in [6.07, 6.45) is 9.41. The number of anilines is 1. The smallest absolute Gasteiger partial charge is 0.220 e. The molecule has 2 fully saturated rings. The molecule has 29 heavy (non-hydrogen) atoms. The zero-order valence-corrected chi connectivity index (χ0v) is 18.0. The summed E-state index contributed by atoms with van der Waals surface area (Å²) in [7, 11) is 2.18. The summed E-state index contributed by atoms with van der Waals surface area (Å²) < 4.78 is 5.58. The third kappa shape index (κ3) is 5.32. The van der Waals surface area contributed by atoms with Crippen LogP contribution in [0.15, 0.2) is 18.2 Å². The van der Waals surface area contributed by atoms with Crippen molar-refractivity contribution >= 4 is 11.6 Å². The maximum atomic E-state index is 12.5. The Labute approximate surface area is 175 Å². The predicted molar refractivity (Wildman–Crippen MR) is 117 cm³/mol. The third-order valence-electron chi connectivity index (χ3n) is 7.07. The first kappa shape index (κ1) is 20.7. The highest BCUT2D eigenvalue weighted by Crippen LogP contribution is 2.31. The zero-order chi connectivity index (χ0) is 20.1. The van der Waals surface area contributed by atoms with E-state index < -0.39 is 0 Å². The maximum Gasteiger partial charge on any atom is 0.220 e. The Bertz CT molecular complexity index is 681. The molecule has 1 aromatic carbocycles. The van der Waals surface area contributed by atoms with Gasteiger partial charge in [-0.05, 0) is 42.4 Å². The summed E-state index contributed by atoms with van der Waals surface area (Å²) in [6, 6.07) is 7.16. The average Bonchev–Trinajstić information content (AvgIpc) is 3.27. The fraction of sp³-hybridized carbons (Fsp3) is 0.708. The van der Waals surface area contributed by atoms with Gasteiger partial charge in [-0.15, -0.1) is 0 Å². The van der Waals surface area contributed by atoms with Crippen LogP contribution in [0.5, 0.6) is 0 Å². The van der Waals surface area contributed by atoms with Crippen LogP contribution in [0.1, 0.15) is 62.1 Å². The van der Waals surface area contributed by atoms with E-state index in [1.165, 1.54) is 48.9 Å². The van der Waals surface area contributed by atoms with Crippen molar-refractivity contribution < 1.29 is 9.53 Å². The van der Waals surface area contributed by atoms with Gasteiger partial charge in [-0.25, -0.2) is 0 Å². The number of nitrogens with zero attached hydrogens (tertiary/aromatic N) is 2. The first-order valence-corrected chi connectivity index (χ1v) is 11.6. The van der Waals surface area contributed by atoms with Gasteiger partial charge in [-0.2, -0.15) is 0 Å². The summed E-state index contributed by atoms with van der Waals surface area (Å²) in [5.41, 5.74) is 4.14. The molecule has 1 atom stereocenters. The van der Waals surface area contributed by atoms with E-state index in [1.54, 1.807) is 0 Å². The number of nitrogens with one attached hydrogen (secondary N) is 1. The van der Waals surface area contributed by atoms with Crippen molar-refractivity contribution in [2.75, 3.05) is 51.3 Å². The molecular formula is C24H37N3O2. The van der Waals surface area contributed by atoms with Crippen molar-refractivity contribution in [2.45, 2.75) is 57.4 Å². The molecule has 0 bridgehead atoms. The molecule has 1 unspecified atom stereocenters. The van der Waals surface area contributed by atoms with Crippen LogP contribution in [0.2, 0.25) is 0 Å². The molecule has 1 saturated carbocycles. The van der Waals surface area contributed by atoms with Crippen LogP contribution < -0.4 is 10.2 Å². The molecule has 160 valence electrons. The molecule has 3 aliphatic rings. The van der Waals surface area contributed by atoms with Crippen molar-refractivity contribution in [1.82, 2.24) is 10.2 Å². The van der Waals surface area contributed by atoms with Gasteiger partial charge in [-0.3, -0.25) is 9.69 Å². The van der Waals surface area contributed by atoms with Gasteiger partial charge < -0.3 is 15.0 Å². The Morgan fingerprint density at radius 2 is 1.97 bits per heavy atom. The van der Waals surface area contributed by atoms with E-state index in [0.29, 0.717) is 13.0 Å². The summed E-state index contributed by atoms with van der Waals surface area (Å²) in [4.78, 5) is 17.4. The van der Waals surface area contributed by atoms with Crippen LogP contribution in [-0.4, -0.2) is 57.2 Å². The van der Waals surface area contributed by atoms with Crippen molar-refractivity contribution in [3.8, 4) is 0 Å². The SMILES string of the molecule is CN1CCCc2cc(C(CNC(=O)CCC3CCCC3)N3CCOCC3)ccc21. The Hall–Kier alpha value is -1.59. The quantitative estimate of drug-likeness (QED) is 0.762. The highest BCUT2D eigenvalue weighted by molar-refractivity contribution is 5.75. The number of rotatable bonds is 7. The van der Waals surface area contributed by atoms with Gasteiger partial charge in [-0.1, -0.05) is 37.8 Å². The summed E-state index contributed by atoms with van der Waals surface area (Å²) in [5, 5.41) is 3.26. The molecule has 2 aliphatic heterocycles. The second-order valence-electron chi connectivity index (χ2n) is 9.07. The van der Waals surface area contributed by atoms with Crippen LogP contribution in [0, 0.1) is 5.92 Å². The van der Waals surface area contributed by atoms with Gasteiger partial charge in [0.25, 0.3) is 0 Å². The van der Waals surface area contributed by atoms with E-state index in [1.807, 2.05) is 0 Å². The monoisotopic (exact) mass is 399 g/mol. The van der Waals surface area contributed by atoms with E-state index in [0.717, 1.165) is 51.6 Å². The number of ether oxygens (including phenoxy) is 1. The molecule has 4 rings (SSSR count). The Morgan fingerprint density at radius 1 is 1.17 bits per heavy atom. The molecule has 1 aromatic rings. The minimum absolute atomic E-state index is 0.216. The molecule has 5 nitrogen and oxygen atoms in total. The van der Waals surface area contributed by atoms with Crippen molar-refractivity contribution in [2.24, 2.45) is 5.92 Å². The van der Waals surface area contributed by atoms with Crippen LogP contribution in [0.3, 0.4) is 0 Å². The molecule has 2 heterocycles. The molecule has 5 heteroatoms. The van der Waals surface area contributed by atoms with Crippen LogP contribution >= 0.6 is 0 Å². The van der Waals surface area contributed by atoms with Crippen molar-refractivity contribution in [3.63, 3.8) is 0 Å². The molecule has 1 N–H and O–H groups in total. The van der Waals surface area contributed by atoms with Crippen molar-refractivity contribution in [1.29, 1.82) is 0 Å². The normalized spacial score (nSPS) is 21.8. The topological polar surface area (TPSA) is 44.8 Å². The van der Waals surface area contributed by atoms with E-state index in [2.05, 4.69) is 40.4 Å². The predicted octanol–water partition coefficient (Wildman–Crippen LogP) is 3.53. The summed E-state index contributed by atoms with van der Waals surface area (Å²) >= 11 is 0. The van der Waals surface area contributed by atoms with Gasteiger partial charge in [0.15, 0.2) is 0 Å². The largest absolute Gasteiger partial charge is 0.379 e. The zero-order valence-electron chi connectivity index (χ0n) is 18.0. The average molecular weight is 400 g/mol. The van der Waals surface area contributed by atoms with E-state index in [4.69, 9.17) is 4.74 Å². The highest BCUT2D eigenvalue weighted by Gasteiger charge is 2.25. The van der Waals surface area contributed by atoms with Gasteiger partial charge in [0.05, 0.1) is 19.3 Å². The molecule has 0 aromatic heterocycles. The van der Waals surface area contributed by atoms with Crippen LogP contribution in [0.25, 0.3) is 0 Å². The second-order valence-corrected chi connectivity index (χ2v) is 9.07. The third-order valence-corrected chi connectivity index (χ3v) is 7.07. The van der Waals surface area contributed by atoms with Gasteiger partial charge in [0.2, 0.25) is 5.91 Å². The molecule has 0 radical (unpaired) electrons. The van der Waals surface area contributed by atoms with E-state index in [-0.39, 0.29) is 11.9 Å². The standard InChI is InChI=1S/C24H37N3O2/c1-26-12-4-7-20-17-21(9-10-22(20)26)23(27-13-15-29-16-14-27)18-25-24(28)11-8-19-5-2-3-6-19/h9-10,17,19,23H,2-8,11-16,18H2,1H3,(H,25,28). The first-order valence-electron chi connectivity index (χ1n) is 11.6. The lowest BCUT2D eigenvalue weighted by molar-refractivity contribution is -0.121. The maximum absolute atomic E-state index is 12.5.